The molecule has 0 bridgehead atoms. The normalized spacial score (nSPS) is 14.7. The second-order valence-corrected chi connectivity index (χ2v) is 12.6. The van der Waals surface area contributed by atoms with Crippen molar-refractivity contribution in [2.24, 2.45) is 0 Å². The minimum absolute atomic E-state index is 0.225. The summed E-state index contributed by atoms with van der Waals surface area (Å²) in [6.45, 7) is 0.225. The zero-order valence-electron chi connectivity index (χ0n) is 21.2. The molecule has 4 heterocycles. The molecule has 3 aliphatic rings. The molecule has 0 atom stereocenters. The average molecular weight is 535 g/mol. The maximum atomic E-state index is 2.54. The Morgan fingerprint density at radius 2 is 1.26 bits per heavy atom. The largest absolute Gasteiger partial charge is 0.310 e. The summed E-state index contributed by atoms with van der Waals surface area (Å²) in [5.74, 6) is 0. The van der Waals surface area contributed by atoms with Gasteiger partial charge in [0.05, 0.1) is 11.4 Å². The van der Waals surface area contributed by atoms with Crippen molar-refractivity contribution in [3.8, 4) is 0 Å². The summed E-state index contributed by atoms with van der Waals surface area (Å²) in [5.41, 5.74) is 10.6. The van der Waals surface area contributed by atoms with E-state index in [2.05, 4.69) is 125 Å². The Morgan fingerprint density at radius 1 is 0.615 bits per heavy atom. The van der Waals surface area contributed by atoms with Crippen molar-refractivity contribution < 1.29 is 0 Å². The molecule has 0 spiro atoms. The number of allylic oxidation sites excluding steroid dienone is 1. The molecule has 2 aliphatic heterocycles. The van der Waals surface area contributed by atoms with Crippen LogP contribution < -0.4 is 24.8 Å². The van der Waals surface area contributed by atoms with Crippen LogP contribution >= 0.6 is 22.7 Å². The molecule has 2 aromatic heterocycles. The van der Waals surface area contributed by atoms with Crippen LogP contribution in [0.2, 0.25) is 0 Å². The molecule has 4 aromatic carbocycles. The zero-order valence-corrected chi connectivity index (χ0v) is 22.8. The lowest BCUT2D eigenvalue weighted by atomic mass is 9.39. The lowest BCUT2D eigenvalue weighted by Gasteiger charge is -2.42. The number of anilines is 6. The van der Waals surface area contributed by atoms with Crippen LogP contribution in [0.4, 0.5) is 34.1 Å². The Morgan fingerprint density at radius 3 is 2.00 bits per heavy atom. The van der Waals surface area contributed by atoms with E-state index >= 15 is 0 Å². The van der Waals surface area contributed by atoms with Gasteiger partial charge in [0.25, 0.3) is 6.71 Å². The van der Waals surface area contributed by atoms with E-state index in [9.17, 15) is 0 Å². The predicted molar refractivity (Wildman–Crippen MR) is 171 cm³/mol. The van der Waals surface area contributed by atoms with Crippen LogP contribution in [0.3, 0.4) is 0 Å². The van der Waals surface area contributed by atoms with E-state index in [0.29, 0.717) is 0 Å². The molecule has 5 heteroatoms. The van der Waals surface area contributed by atoms with Gasteiger partial charge in [-0.1, -0.05) is 72.8 Å². The van der Waals surface area contributed by atoms with Gasteiger partial charge in [-0.15, -0.1) is 11.3 Å². The molecule has 0 N–H and O–H groups in total. The lowest BCUT2D eigenvalue weighted by molar-refractivity contribution is 1.01. The van der Waals surface area contributed by atoms with E-state index in [1.165, 1.54) is 69.7 Å². The molecule has 0 amide bonds. The van der Waals surface area contributed by atoms with Crippen LogP contribution in [0.1, 0.15) is 16.9 Å². The van der Waals surface area contributed by atoms with Gasteiger partial charge in [0, 0.05) is 52.8 Å². The molecule has 0 fully saturated rings. The summed E-state index contributed by atoms with van der Waals surface area (Å²) < 4.78 is 4.29. The third kappa shape index (κ3) is 2.97. The Labute approximate surface area is 236 Å². The van der Waals surface area contributed by atoms with Gasteiger partial charge < -0.3 is 9.80 Å². The topological polar surface area (TPSA) is 6.48 Å². The van der Waals surface area contributed by atoms with Gasteiger partial charge in [0.15, 0.2) is 0 Å². The van der Waals surface area contributed by atoms with Gasteiger partial charge in [-0.25, -0.2) is 0 Å². The maximum absolute atomic E-state index is 2.54. The number of rotatable bonds is 2. The van der Waals surface area contributed by atoms with Crippen LogP contribution in [-0.2, 0) is 6.42 Å². The lowest BCUT2D eigenvalue weighted by Crippen LogP contribution is -2.59. The summed E-state index contributed by atoms with van der Waals surface area (Å²) in [5, 5.41) is 1.34. The molecule has 0 unspecified atom stereocenters. The molecular formula is C34H23BN2S2. The van der Waals surface area contributed by atoms with Gasteiger partial charge in [-0.05, 0) is 60.8 Å². The molecule has 0 saturated carbocycles. The third-order valence-electron chi connectivity index (χ3n) is 8.27. The Bertz CT molecular complexity index is 1940. The van der Waals surface area contributed by atoms with E-state index in [4.69, 9.17) is 0 Å². The van der Waals surface area contributed by atoms with Crippen molar-refractivity contribution in [1.82, 2.24) is 0 Å². The van der Waals surface area contributed by atoms with Crippen molar-refractivity contribution in [2.75, 3.05) is 9.80 Å². The molecule has 184 valence electrons. The standard InChI is InChI=1S/C34H23BN2S2/c1-3-12-22(13-4-1)36-26-18-11-19-27-30(26)35(33-31(36)24-16-7-9-20-28(24)38-33)34-32(25-17-8-10-21-29(25)39-34)37(27)23-14-5-2-6-15-23/h1-9,11-20H,10,21H2. The Kier molecular flexibility index (Phi) is 4.60. The second-order valence-electron chi connectivity index (χ2n) is 10.4. The number of fused-ring (bicyclic) bond motifs is 8. The van der Waals surface area contributed by atoms with Crippen LogP contribution in [-0.4, -0.2) is 6.71 Å². The number of nitrogens with zero attached hydrogens (tertiary/aromatic N) is 2. The Balaban J connectivity index is 1.43. The highest BCUT2D eigenvalue weighted by molar-refractivity contribution is 7.39. The van der Waals surface area contributed by atoms with E-state index in [1.807, 2.05) is 22.7 Å². The van der Waals surface area contributed by atoms with Gasteiger partial charge in [0.2, 0.25) is 0 Å². The monoisotopic (exact) mass is 534 g/mol. The van der Waals surface area contributed by atoms with Crippen molar-refractivity contribution in [2.45, 2.75) is 12.8 Å². The fourth-order valence-electron chi connectivity index (χ4n) is 6.72. The van der Waals surface area contributed by atoms with E-state index < -0.39 is 0 Å². The van der Waals surface area contributed by atoms with Gasteiger partial charge in [0.1, 0.15) is 0 Å². The zero-order chi connectivity index (χ0) is 25.5. The minimum atomic E-state index is 0.225. The minimum Gasteiger partial charge on any atom is -0.310 e. The first kappa shape index (κ1) is 21.8. The van der Waals surface area contributed by atoms with Crippen molar-refractivity contribution >= 4 is 94.7 Å². The molecule has 39 heavy (non-hydrogen) atoms. The Hall–Kier alpha value is -4.06. The molecular weight excluding hydrogens is 511 g/mol. The van der Waals surface area contributed by atoms with Crippen LogP contribution in [0.5, 0.6) is 0 Å². The number of hydrogen-bond acceptors (Lipinski definition) is 4. The SMILES string of the molecule is C1=Cc2c(sc3c2N(c2ccccc2)c2cccc4c2B3c2sc3ccccc3c2N4c2ccccc2)CC1. The predicted octanol–water partition coefficient (Wildman–Crippen LogP) is 8.00. The smallest absolute Gasteiger partial charge is 0.277 e. The first-order valence-corrected chi connectivity index (χ1v) is 15.2. The summed E-state index contributed by atoms with van der Waals surface area (Å²) in [4.78, 5) is 6.58. The number of para-hydroxylation sites is 2. The third-order valence-corrected chi connectivity index (χ3v) is 10.8. The fraction of sp³-hybridized carbons (Fsp3) is 0.0588. The summed E-state index contributed by atoms with van der Waals surface area (Å²) >= 11 is 4.01. The van der Waals surface area contributed by atoms with Gasteiger partial charge >= 0.3 is 0 Å². The molecule has 9 rings (SSSR count). The summed E-state index contributed by atoms with van der Waals surface area (Å²) in [6.07, 6.45) is 6.98. The van der Waals surface area contributed by atoms with E-state index in [-0.39, 0.29) is 6.71 Å². The van der Waals surface area contributed by atoms with Gasteiger partial charge in [-0.2, -0.15) is 11.3 Å². The van der Waals surface area contributed by atoms with Crippen molar-refractivity contribution in [1.29, 1.82) is 0 Å². The second kappa shape index (κ2) is 8.22. The number of hydrogen-bond donors (Lipinski definition) is 0. The summed E-state index contributed by atoms with van der Waals surface area (Å²) in [7, 11) is 0. The quantitative estimate of drug-likeness (QED) is 0.207. The van der Waals surface area contributed by atoms with Crippen molar-refractivity contribution in [3.63, 3.8) is 0 Å². The molecule has 1 aliphatic carbocycles. The first-order chi connectivity index (χ1) is 19.4. The maximum Gasteiger partial charge on any atom is 0.277 e. The first-order valence-electron chi connectivity index (χ1n) is 13.6. The average Bonchev–Trinajstić information content (AvgIpc) is 3.57. The van der Waals surface area contributed by atoms with Crippen LogP contribution in [0.15, 0.2) is 109 Å². The molecule has 2 nitrogen and oxygen atoms in total. The summed E-state index contributed by atoms with van der Waals surface area (Å²) in [6, 6.07) is 37.7. The van der Waals surface area contributed by atoms with E-state index in [0.717, 1.165) is 12.8 Å². The highest BCUT2D eigenvalue weighted by Crippen LogP contribution is 2.50. The molecule has 6 aromatic rings. The number of benzene rings is 4. The highest BCUT2D eigenvalue weighted by Gasteiger charge is 2.47. The molecule has 0 radical (unpaired) electrons. The highest BCUT2D eigenvalue weighted by atomic mass is 32.1. The fourth-order valence-corrected chi connectivity index (χ4v) is 9.51. The van der Waals surface area contributed by atoms with Crippen LogP contribution in [0, 0.1) is 0 Å². The number of thiophene rings is 2. The van der Waals surface area contributed by atoms with Crippen LogP contribution in [0.25, 0.3) is 16.2 Å². The van der Waals surface area contributed by atoms with Crippen molar-refractivity contribution in [3.05, 3.63) is 120 Å². The molecule has 0 saturated heterocycles. The van der Waals surface area contributed by atoms with E-state index in [1.54, 1.807) is 0 Å². The number of aryl methyl sites for hydroxylation is 1. The van der Waals surface area contributed by atoms with Gasteiger partial charge in [-0.3, -0.25) is 0 Å².